The Labute approximate surface area is 163 Å². The van der Waals surface area contributed by atoms with Crippen LogP contribution in [0.15, 0.2) is 41.0 Å². The van der Waals surface area contributed by atoms with Crippen molar-refractivity contribution in [3.05, 3.63) is 47.7 Å². The first kappa shape index (κ1) is 17.6. The molecule has 1 saturated heterocycles. The van der Waals surface area contributed by atoms with Crippen molar-refractivity contribution in [2.24, 2.45) is 0 Å². The number of morpholine rings is 1. The lowest BCUT2D eigenvalue weighted by Gasteiger charge is -2.26. The van der Waals surface area contributed by atoms with E-state index >= 15 is 0 Å². The van der Waals surface area contributed by atoms with Gasteiger partial charge in [-0.25, -0.2) is 0 Å². The van der Waals surface area contributed by atoms with E-state index in [9.17, 15) is 9.59 Å². The summed E-state index contributed by atoms with van der Waals surface area (Å²) in [5.74, 6) is -0.177. The van der Waals surface area contributed by atoms with Crippen LogP contribution in [0.2, 0.25) is 0 Å². The summed E-state index contributed by atoms with van der Waals surface area (Å²) in [6, 6.07) is 10.6. The summed E-state index contributed by atoms with van der Waals surface area (Å²) in [6.45, 7) is 4.44. The number of hydrogen-bond acceptors (Lipinski definition) is 5. The summed E-state index contributed by atoms with van der Waals surface area (Å²) in [5, 5.41) is 3.28. The molecular weight excluding hydrogens is 354 g/mol. The Morgan fingerprint density at radius 3 is 2.75 bits per heavy atom. The van der Waals surface area contributed by atoms with Crippen LogP contribution in [-0.2, 0) is 20.9 Å². The molecule has 5 rings (SSSR count). The predicted molar refractivity (Wildman–Crippen MR) is 106 cm³/mol. The smallest absolute Gasteiger partial charge is 0.147 e. The quantitative estimate of drug-likeness (QED) is 0.650. The molecule has 0 unspecified atom stereocenters. The monoisotopic (exact) mass is 377 g/mol. The number of furan rings is 1. The maximum atomic E-state index is 12.5. The van der Waals surface area contributed by atoms with Crippen molar-refractivity contribution in [3.8, 4) is 0 Å². The van der Waals surface area contributed by atoms with Crippen molar-refractivity contribution in [2.45, 2.75) is 31.7 Å². The first-order valence-corrected chi connectivity index (χ1v) is 9.96. The van der Waals surface area contributed by atoms with Crippen molar-refractivity contribution in [1.29, 1.82) is 0 Å². The van der Waals surface area contributed by atoms with Crippen molar-refractivity contribution >= 4 is 33.3 Å². The molecule has 144 valence electrons. The summed E-state index contributed by atoms with van der Waals surface area (Å²) >= 11 is 0. The van der Waals surface area contributed by atoms with E-state index in [-0.39, 0.29) is 23.9 Å². The number of Topliss-reactive ketones (excluding diaryl/α,β-unsaturated/α-hetero) is 2. The number of ketones is 2. The molecule has 3 aromatic rings. The zero-order valence-corrected chi connectivity index (χ0v) is 15.8. The predicted octanol–water partition coefficient (Wildman–Crippen LogP) is 3.82. The highest BCUT2D eigenvalue weighted by Crippen LogP contribution is 2.38. The number of nitrogens with zero attached hydrogens (tertiary/aromatic N) is 1. The molecule has 0 radical (unpaired) electrons. The molecule has 1 atom stereocenters. The van der Waals surface area contributed by atoms with Gasteiger partial charge in [0.25, 0.3) is 0 Å². The lowest BCUT2D eigenvalue weighted by molar-refractivity contribution is -0.130. The average Bonchev–Trinajstić information content (AvgIpc) is 3.13. The van der Waals surface area contributed by atoms with E-state index in [4.69, 9.17) is 9.15 Å². The minimum absolute atomic E-state index is 0.0138. The molecule has 0 bridgehead atoms. The summed E-state index contributed by atoms with van der Waals surface area (Å²) in [6.07, 6.45) is 2.81. The lowest BCUT2D eigenvalue weighted by Crippen LogP contribution is -2.35. The van der Waals surface area contributed by atoms with E-state index in [0.717, 1.165) is 60.2 Å². The van der Waals surface area contributed by atoms with Crippen molar-refractivity contribution in [3.63, 3.8) is 0 Å². The molecule has 0 amide bonds. The van der Waals surface area contributed by atoms with Gasteiger partial charge in [-0.1, -0.05) is 18.2 Å². The SMILES string of the molecule is O=C1CC[C@@H](c2coc3ccc4cc(CN5CCOCC5)ccc4c23)C(=O)C1. The topological polar surface area (TPSA) is 59.8 Å². The highest BCUT2D eigenvalue weighted by molar-refractivity contribution is 6.11. The fourth-order valence-corrected chi connectivity index (χ4v) is 4.51. The van der Waals surface area contributed by atoms with Crippen molar-refractivity contribution < 1.29 is 18.7 Å². The molecule has 1 aromatic heterocycles. The van der Waals surface area contributed by atoms with Gasteiger partial charge in [-0.05, 0) is 34.9 Å². The van der Waals surface area contributed by atoms with Crippen LogP contribution in [0.4, 0.5) is 0 Å². The molecule has 2 aromatic carbocycles. The molecule has 2 aliphatic rings. The van der Waals surface area contributed by atoms with E-state index in [1.165, 1.54) is 5.56 Å². The van der Waals surface area contributed by atoms with Crippen LogP contribution in [0, 0.1) is 0 Å². The fraction of sp³-hybridized carbons (Fsp3) is 0.391. The third-order valence-corrected chi connectivity index (χ3v) is 6.00. The van der Waals surface area contributed by atoms with Gasteiger partial charge in [0.1, 0.15) is 17.1 Å². The van der Waals surface area contributed by atoms with Crippen molar-refractivity contribution in [1.82, 2.24) is 4.90 Å². The fourth-order valence-electron chi connectivity index (χ4n) is 4.51. The number of carbonyl (C=O) groups is 2. The third-order valence-electron chi connectivity index (χ3n) is 6.00. The number of benzene rings is 2. The van der Waals surface area contributed by atoms with Gasteiger partial charge in [0.2, 0.25) is 0 Å². The second kappa shape index (κ2) is 7.15. The lowest BCUT2D eigenvalue weighted by atomic mass is 9.81. The van der Waals surface area contributed by atoms with Gasteiger partial charge >= 0.3 is 0 Å². The number of hydrogen-bond donors (Lipinski definition) is 0. The Bertz CT molecular complexity index is 1060. The molecule has 0 spiro atoms. The third kappa shape index (κ3) is 3.15. The van der Waals surface area contributed by atoms with Gasteiger partial charge in [-0.2, -0.15) is 0 Å². The number of ether oxygens (including phenoxy) is 1. The van der Waals surface area contributed by atoms with E-state index in [2.05, 4.69) is 29.2 Å². The zero-order chi connectivity index (χ0) is 19.1. The van der Waals surface area contributed by atoms with Crippen LogP contribution in [-0.4, -0.2) is 42.8 Å². The minimum Gasteiger partial charge on any atom is -0.464 e. The number of fused-ring (bicyclic) bond motifs is 3. The van der Waals surface area contributed by atoms with Crippen molar-refractivity contribution in [2.75, 3.05) is 26.3 Å². The molecule has 5 heteroatoms. The summed E-state index contributed by atoms with van der Waals surface area (Å²) in [7, 11) is 0. The van der Waals surface area contributed by atoms with E-state index in [0.29, 0.717) is 12.8 Å². The summed E-state index contributed by atoms with van der Waals surface area (Å²) in [5.41, 5.74) is 3.00. The first-order chi connectivity index (χ1) is 13.7. The van der Waals surface area contributed by atoms with Crippen LogP contribution in [0.25, 0.3) is 21.7 Å². The molecule has 2 fully saturated rings. The van der Waals surface area contributed by atoms with E-state index < -0.39 is 0 Å². The second-order valence-corrected chi connectivity index (χ2v) is 7.85. The van der Waals surface area contributed by atoms with Gasteiger partial charge in [0.05, 0.1) is 25.9 Å². The molecule has 2 heterocycles. The van der Waals surface area contributed by atoms with Crippen LogP contribution in [0.5, 0.6) is 0 Å². The Balaban J connectivity index is 1.53. The maximum absolute atomic E-state index is 12.5. The van der Waals surface area contributed by atoms with Gasteiger partial charge < -0.3 is 9.15 Å². The molecule has 1 saturated carbocycles. The highest BCUT2D eigenvalue weighted by atomic mass is 16.5. The van der Waals surface area contributed by atoms with Crippen LogP contribution < -0.4 is 0 Å². The molecule has 28 heavy (non-hydrogen) atoms. The summed E-state index contributed by atoms with van der Waals surface area (Å²) < 4.78 is 11.2. The van der Waals surface area contributed by atoms with E-state index in [1.54, 1.807) is 6.26 Å². The Morgan fingerprint density at radius 1 is 1.07 bits per heavy atom. The van der Waals surface area contributed by atoms with Crippen LogP contribution in [0.3, 0.4) is 0 Å². The van der Waals surface area contributed by atoms with Gasteiger partial charge in [0, 0.05) is 42.9 Å². The molecular formula is C23H23NO4. The Kier molecular flexibility index (Phi) is 4.49. The van der Waals surface area contributed by atoms with Crippen LogP contribution in [0.1, 0.15) is 36.3 Å². The normalized spacial score (nSPS) is 21.6. The molecule has 1 aliphatic heterocycles. The summed E-state index contributed by atoms with van der Waals surface area (Å²) in [4.78, 5) is 26.5. The molecule has 1 aliphatic carbocycles. The van der Waals surface area contributed by atoms with Gasteiger partial charge in [-0.15, -0.1) is 0 Å². The molecule has 5 nitrogen and oxygen atoms in total. The Hall–Kier alpha value is -2.50. The number of carbonyl (C=O) groups excluding carboxylic acids is 2. The van der Waals surface area contributed by atoms with Crippen LogP contribution >= 0.6 is 0 Å². The maximum Gasteiger partial charge on any atom is 0.147 e. The molecule has 0 N–H and O–H groups in total. The number of rotatable bonds is 3. The van der Waals surface area contributed by atoms with E-state index in [1.807, 2.05) is 6.07 Å². The minimum atomic E-state index is -0.238. The highest BCUT2D eigenvalue weighted by Gasteiger charge is 2.31. The van der Waals surface area contributed by atoms with Gasteiger partial charge in [-0.3, -0.25) is 14.5 Å². The Morgan fingerprint density at radius 2 is 1.93 bits per heavy atom. The first-order valence-electron chi connectivity index (χ1n) is 9.96. The largest absolute Gasteiger partial charge is 0.464 e. The second-order valence-electron chi connectivity index (χ2n) is 7.85. The zero-order valence-electron chi connectivity index (χ0n) is 15.8. The average molecular weight is 377 g/mol. The standard InChI is InChI=1S/C23H23NO4/c25-17-3-5-19(21(26)12-17)20-14-28-22-6-2-16-11-15(1-4-18(16)23(20)22)13-24-7-9-27-10-8-24/h1-2,4,6,11,14,19H,3,5,7-10,12-13H2/t19-/m0/s1. The van der Waals surface area contributed by atoms with Gasteiger partial charge in [0.15, 0.2) is 0 Å².